The van der Waals surface area contributed by atoms with Gasteiger partial charge in [-0.05, 0) is 31.0 Å². The van der Waals surface area contributed by atoms with E-state index in [1.165, 1.54) is 5.56 Å². The SMILES string of the molecule is CCc1ccc(OCC(C)(O)CN)cc1. The number of aryl methyl sites for hydroxylation is 1. The zero-order valence-corrected chi connectivity index (χ0v) is 9.36. The molecule has 0 aliphatic heterocycles. The lowest BCUT2D eigenvalue weighted by Gasteiger charge is -2.21. The van der Waals surface area contributed by atoms with E-state index in [0.717, 1.165) is 12.2 Å². The Morgan fingerprint density at radius 1 is 1.33 bits per heavy atom. The first-order valence-electron chi connectivity index (χ1n) is 5.21. The summed E-state index contributed by atoms with van der Waals surface area (Å²) in [6, 6.07) is 7.86. The first kappa shape index (κ1) is 12.0. The molecule has 0 bridgehead atoms. The van der Waals surface area contributed by atoms with Crippen molar-refractivity contribution in [2.24, 2.45) is 5.73 Å². The van der Waals surface area contributed by atoms with Gasteiger partial charge in [0.05, 0.1) is 0 Å². The Morgan fingerprint density at radius 2 is 1.93 bits per heavy atom. The van der Waals surface area contributed by atoms with Crippen molar-refractivity contribution in [1.82, 2.24) is 0 Å². The summed E-state index contributed by atoms with van der Waals surface area (Å²) in [5, 5.41) is 9.64. The summed E-state index contributed by atoms with van der Waals surface area (Å²) in [4.78, 5) is 0. The molecular weight excluding hydrogens is 190 g/mol. The van der Waals surface area contributed by atoms with Gasteiger partial charge in [-0.15, -0.1) is 0 Å². The Hall–Kier alpha value is -1.06. The van der Waals surface area contributed by atoms with Crippen LogP contribution in [-0.4, -0.2) is 23.9 Å². The quantitative estimate of drug-likeness (QED) is 0.769. The lowest BCUT2D eigenvalue weighted by atomic mass is 10.1. The number of benzene rings is 1. The van der Waals surface area contributed by atoms with E-state index >= 15 is 0 Å². The number of hydrogen-bond acceptors (Lipinski definition) is 3. The zero-order valence-electron chi connectivity index (χ0n) is 9.36. The van der Waals surface area contributed by atoms with Gasteiger partial charge in [0.1, 0.15) is 18.0 Å². The summed E-state index contributed by atoms with van der Waals surface area (Å²) in [5.41, 5.74) is 5.70. The Labute approximate surface area is 90.9 Å². The highest BCUT2D eigenvalue weighted by Gasteiger charge is 2.18. The van der Waals surface area contributed by atoms with Crippen molar-refractivity contribution in [2.75, 3.05) is 13.2 Å². The van der Waals surface area contributed by atoms with Crippen LogP contribution in [0.25, 0.3) is 0 Å². The van der Waals surface area contributed by atoms with Crippen molar-refractivity contribution in [3.05, 3.63) is 29.8 Å². The van der Waals surface area contributed by atoms with Crippen molar-refractivity contribution in [2.45, 2.75) is 25.9 Å². The van der Waals surface area contributed by atoms with E-state index in [0.29, 0.717) is 0 Å². The summed E-state index contributed by atoms with van der Waals surface area (Å²) in [5.74, 6) is 0.765. The average Bonchev–Trinajstić information content (AvgIpc) is 2.27. The molecule has 3 nitrogen and oxygen atoms in total. The van der Waals surface area contributed by atoms with Crippen LogP contribution in [0.5, 0.6) is 5.75 Å². The molecule has 1 rings (SSSR count). The topological polar surface area (TPSA) is 55.5 Å². The van der Waals surface area contributed by atoms with Gasteiger partial charge in [-0.25, -0.2) is 0 Å². The van der Waals surface area contributed by atoms with E-state index in [4.69, 9.17) is 10.5 Å². The molecule has 0 aliphatic rings. The third kappa shape index (κ3) is 3.90. The third-order valence-electron chi connectivity index (χ3n) is 2.32. The van der Waals surface area contributed by atoms with Crippen LogP contribution in [0.15, 0.2) is 24.3 Å². The standard InChI is InChI=1S/C12H19NO2/c1-3-10-4-6-11(7-5-10)15-9-12(2,14)8-13/h4-7,14H,3,8-9,13H2,1-2H3. The van der Waals surface area contributed by atoms with Crippen LogP contribution in [0.2, 0.25) is 0 Å². The lowest BCUT2D eigenvalue weighted by molar-refractivity contribution is 0.0196. The van der Waals surface area contributed by atoms with Crippen LogP contribution < -0.4 is 10.5 Å². The Balaban J connectivity index is 2.51. The molecule has 0 saturated carbocycles. The molecule has 3 N–H and O–H groups in total. The van der Waals surface area contributed by atoms with Crippen molar-refractivity contribution >= 4 is 0 Å². The smallest absolute Gasteiger partial charge is 0.119 e. The van der Waals surface area contributed by atoms with Crippen molar-refractivity contribution in [3.8, 4) is 5.75 Å². The largest absolute Gasteiger partial charge is 0.491 e. The van der Waals surface area contributed by atoms with E-state index in [9.17, 15) is 5.11 Å². The monoisotopic (exact) mass is 209 g/mol. The Bertz CT molecular complexity index is 293. The highest BCUT2D eigenvalue weighted by atomic mass is 16.5. The van der Waals surface area contributed by atoms with E-state index in [1.807, 2.05) is 24.3 Å². The maximum Gasteiger partial charge on any atom is 0.119 e. The maximum absolute atomic E-state index is 9.64. The van der Waals surface area contributed by atoms with Gasteiger partial charge in [0.15, 0.2) is 0 Å². The maximum atomic E-state index is 9.64. The van der Waals surface area contributed by atoms with Gasteiger partial charge < -0.3 is 15.6 Å². The number of rotatable bonds is 5. The van der Waals surface area contributed by atoms with Crippen LogP contribution in [0.1, 0.15) is 19.4 Å². The predicted molar refractivity (Wildman–Crippen MR) is 61.0 cm³/mol. The minimum absolute atomic E-state index is 0.194. The van der Waals surface area contributed by atoms with E-state index in [2.05, 4.69) is 6.92 Å². The second kappa shape index (κ2) is 5.14. The molecule has 0 amide bonds. The van der Waals surface area contributed by atoms with E-state index < -0.39 is 5.60 Å². The fraction of sp³-hybridized carbons (Fsp3) is 0.500. The number of nitrogens with two attached hydrogens (primary N) is 1. The molecule has 0 radical (unpaired) electrons. The van der Waals surface area contributed by atoms with Crippen molar-refractivity contribution in [3.63, 3.8) is 0 Å². The van der Waals surface area contributed by atoms with Gasteiger partial charge >= 0.3 is 0 Å². The Kier molecular flexibility index (Phi) is 4.12. The van der Waals surface area contributed by atoms with Crippen LogP contribution in [-0.2, 0) is 6.42 Å². The molecular formula is C12H19NO2. The summed E-state index contributed by atoms with van der Waals surface area (Å²) in [7, 11) is 0. The van der Waals surface area contributed by atoms with Gasteiger partial charge in [-0.1, -0.05) is 19.1 Å². The number of aliphatic hydroxyl groups is 1. The van der Waals surface area contributed by atoms with Crippen LogP contribution in [0, 0.1) is 0 Å². The molecule has 0 aromatic heterocycles. The highest BCUT2D eigenvalue weighted by Crippen LogP contribution is 2.14. The molecule has 0 fully saturated rings. The molecule has 84 valence electrons. The fourth-order valence-corrected chi connectivity index (χ4v) is 1.12. The summed E-state index contributed by atoms with van der Waals surface area (Å²) >= 11 is 0. The molecule has 1 aromatic carbocycles. The molecule has 1 unspecified atom stereocenters. The molecule has 0 spiro atoms. The minimum atomic E-state index is -0.955. The highest BCUT2D eigenvalue weighted by molar-refractivity contribution is 5.27. The third-order valence-corrected chi connectivity index (χ3v) is 2.32. The Morgan fingerprint density at radius 3 is 2.40 bits per heavy atom. The van der Waals surface area contributed by atoms with Gasteiger partial charge in [-0.3, -0.25) is 0 Å². The van der Waals surface area contributed by atoms with Gasteiger partial charge in [-0.2, -0.15) is 0 Å². The molecule has 0 aliphatic carbocycles. The normalized spacial score (nSPS) is 14.7. The molecule has 0 heterocycles. The predicted octanol–water partition coefficient (Wildman–Crippen LogP) is 1.34. The van der Waals surface area contributed by atoms with Crippen LogP contribution >= 0.6 is 0 Å². The van der Waals surface area contributed by atoms with E-state index in [-0.39, 0.29) is 13.2 Å². The molecule has 3 heteroatoms. The molecule has 1 aromatic rings. The average molecular weight is 209 g/mol. The fourth-order valence-electron chi connectivity index (χ4n) is 1.12. The zero-order chi connectivity index (χ0) is 11.3. The summed E-state index contributed by atoms with van der Waals surface area (Å²) < 4.78 is 5.43. The summed E-state index contributed by atoms with van der Waals surface area (Å²) in [6.07, 6.45) is 1.01. The lowest BCUT2D eigenvalue weighted by Crippen LogP contribution is -2.40. The van der Waals surface area contributed by atoms with Crippen LogP contribution in [0.4, 0.5) is 0 Å². The molecule has 0 saturated heterocycles. The molecule has 1 atom stereocenters. The number of hydrogen-bond donors (Lipinski definition) is 2. The minimum Gasteiger partial charge on any atom is -0.491 e. The van der Waals surface area contributed by atoms with Gasteiger partial charge in [0.25, 0.3) is 0 Å². The van der Waals surface area contributed by atoms with Gasteiger partial charge in [0, 0.05) is 6.54 Å². The summed E-state index contributed by atoms with van der Waals surface area (Å²) in [6.45, 7) is 4.18. The second-order valence-electron chi connectivity index (χ2n) is 3.99. The van der Waals surface area contributed by atoms with Crippen molar-refractivity contribution < 1.29 is 9.84 Å². The number of ether oxygens (including phenoxy) is 1. The first-order chi connectivity index (χ1) is 7.07. The second-order valence-corrected chi connectivity index (χ2v) is 3.99. The van der Waals surface area contributed by atoms with E-state index in [1.54, 1.807) is 6.92 Å². The van der Waals surface area contributed by atoms with Crippen LogP contribution in [0.3, 0.4) is 0 Å². The molecule has 15 heavy (non-hydrogen) atoms. The van der Waals surface area contributed by atoms with Gasteiger partial charge in [0.2, 0.25) is 0 Å². The van der Waals surface area contributed by atoms with Crippen molar-refractivity contribution in [1.29, 1.82) is 0 Å². The first-order valence-corrected chi connectivity index (χ1v) is 5.21.